The second-order valence-electron chi connectivity index (χ2n) is 5.16. The van der Waals surface area contributed by atoms with Crippen LogP contribution in [-0.2, 0) is 0 Å². The number of β-amino-alcohol motifs (C(OH)–C–C–N with tert-alkyl or cyclic N) is 1. The van der Waals surface area contributed by atoms with Crippen LogP contribution in [-0.4, -0.2) is 44.8 Å². The molecule has 0 aromatic heterocycles. The van der Waals surface area contributed by atoms with E-state index in [-0.39, 0.29) is 42.0 Å². The molecule has 1 heterocycles. The first kappa shape index (κ1) is 12.7. The summed E-state index contributed by atoms with van der Waals surface area (Å²) in [6.07, 6.45) is 0. The van der Waals surface area contributed by atoms with Gasteiger partial charge >= 0.3 is 0 Å². The van der Waals surface area contributed by atoms with Gasteiger partial charge < -0.3 is 20.2 Å². The van der Waals surface area contributed by atoms with Crippen molar-refractivity contribution in [3.63, 3.8) is 0 Å². The minimum atomic E-state index is -0.825. The molecule has 1 saturated heterocycles. The van der Waals surface area contributed by atoms with E-state index in [0.717, 1.165) is 6.07 Å². The number of aromatic hydroxyl groups is 2. The number of carbonyl (C=O) groups excluding carboxylic acids is 1. The molecule has 0 bridgehead atoms. The van der Waals surface area contributed by atoms with Crippen molar-refractivity contribution in [1.29, 1.82) is 0 Å². The summed E-state index contributed by atoms with van der Waals surface area (Å²) >= 11 is 0. The number of carbonyl (C=O) groups is 1. The zero-order chi connectivity index (χ0) is 13.5. The van der Waals surface area contributed by atoms with E-state index in [4.69, 9.17) is 0 Å². The third-order valence-electron chi connectivity index (χ3n) is 3.44. The molecule has 0 spiro atoms. The number of phenols is 2. The lowest BCUT2D eigenvalue weighted by Gasteiger charge is -2.49. The van der Waals surface area contributed by atoms with Crippen LogP contribution in [0.5, 0.6) is 11.5 Å². The minimum Gasteiger partial charge on any atom is -0.508 e. The molecule has 1 fully saturated rings. The summed E-state index contributed by atoms with van der Waals surface area (Å²) in [7, 11) is 0. The summed E-state index contributed by atoms with van der Waals surface area (Å²) in [5.41, 5.74) is -0.604. The van der Waals surface area contributed by atoms with Gasteiger partial charge in [0.1, 0.15) is 17.1 Å². The number of benzene rings is 1. The van der Waals surface area contributed by atoms with Crippen LogP contribution >= 0.6 is 0 Å². The Bertz CT molecular complexity index is 458. The molecule has 5 heteroatoms. The van der Waals surface area contributed by atoms with Crippen LogP contribution in [0.2, 0.25) is 0 Å². The molecule has 0 aliphatic carbocycles. The van der Waals surface area contributed by atoms with Crippen molar-refractivity contribution in [1.82, 2.24) is 4.90 Å². The summed E-state index contributed by atoms with van der Waals surface area (Å²) in [6, 6.07) is 3.76. The number of aliphatic hydroxyl groups is 1. The van der Waals surface area contributed by atoms with Gasteiger partial charge in [-0.3, -0.25) is 4.79 Å². The van der Waals surface area contributed by atoms with E-state index < -0.39 is 5.60 Å². The van der Waals surface area contributed by atoms with Crippen LogP contribution in [0, 0.1) is 5.92 Å². The van der Waals surface area contributed by atoms with E-state index in [2.05, 4.69) is 0 Å². The average molecular weight is 251 g/mol. The summed E-state index contributed by atoms with van der Waals surface area (Å²) in [4.78, 5) is 13.5. The van der Waals surface area contributed by atoms with Crippen LogP contribution in [0.1, 0.15) is 24.2 Å². The van der Waals surface area contributed by atoms with Gasteiger partial charge in [-0.2, -0.15) is 0 Å². The van der Waals surface area contributed by atoms with E-state index in [0.29, 0.717) is 0 Å². The first-order chi connectivity index (χ1) is 8.32. The van der Waals surface area contributed by atoms with E-state index >= 15 is 0 Å². The lowest BCUT2D eigenvalue weighted by molar-refractivity contribution is -0.110. The van der Waals surface area contributed by atoms with Crippen LogP contribution in [0.15, 0.2) is 18.2 Å². The number of phenolic OH excluding ortho intramolecular Hbond substituents is 2. The topological polar surface area (TPSA) is 81.0 Å². The quantitative estimate of drug-likeness (QED) is 0.730. The van der Waals surface area contributed by atoms with Gasteiger partial charge in [0, 0.05) is 11.6 Å². The van der Waals surface area contributed by atoms with Crippen molar-refractivity contribution in [2.24, 2.45) is 5.92 Å². The van der Waals surface area contributed by atoms with Crippen LogP contribution in [0.4, 0.5) is 0 Å². The molecule has 1 aliphatic heterocycles. The van der Waals surface area contributed by atoms with Gasteiger partial charge in [0.05, 0.1) is 13.1 Å². The standard InChI is InChI=1S/C13H17NO4/c1-8(2)13(18)6-14(7-13)12(17)9-3-10(15)5-11(16)4-9/h3-5,8,15-16,18H,6-7H2,1-2H3. The van der Waals surface area contributed by atoms with Crippen molar-refractivity contribution < 1.29 is 20.1 Å². The molecule has 1 aromatic carbocycles. The monoisotopic (exact) mass is 251 g/mol. The summed E-state index contributed by atoms with van der Waals surface area (Å²) < 4.78 is 0. The lowest BCUT2D eigenvalue weighted by Crippen LogP contribution is -2.65. The zero-order valence-electron chi connectivity index (χ0n) is 10.4. The molecule has 2 rings (SSSR count). The Morgan fingerprint density at radius 3 is 2.17 bits per heavy atom. The average Bonchev–Trinajstić information content (AvgIpc) is 2.22. The molecule has 18 heavy (non-hydrogen) atoms. The van der Waals surface area contributed by atoms with E-state index in [9.17, 15) is 20.1 Å². The smallest absolute Gasteiger partial charge is 0.254 e. The van der Waals surface area contributed by atoms with Gasteiger partial charge in [-0.25, -0.2) is 0 Å². The van der Waals surface area contributed by atoms with Gasteiger partial charge in [0.15, 0.2) is 0 Å². The molecule has 0 unspecified atom stereocenters. The highest BCUT2D eigenvalue weighted by Crippen LogP contribution is 2.31. The van der Waals surface area contributed by atoms with Gasteiger partial charge in [0.25, 0.3) is 5.91 Å². The molecular weight excluding hydrogens is 234 g/mol. The first-order valence-electron chi connectivity index (χ1n) is 5.86. The zero-order valence-corrected chi connectivity index (χ0v) is 10.4. The number of likely N-dealkylation sites (tertiary alicyclic amines) is 1. The minimum absolute atomic E-state index is 0.0825. The van der Waals surface area contributed by atoms with E-state index in [1.807, 2.05) is 13.8 Å². The van der Waals surface area contributed by atoms with Crippen molar-refractivity contribution >= 4 is 5.91 Å². The number of amides is 1. The highest BCUT2D eigenvalue weighted by atomic mass is 16.3. The van der Waals surface area contributed by atoms with Crippen molar-refractivity contribution in [2.75, 3.05) is 13.1 Å². The molecule has 3 N–H and O–H groups in total. The highest BCUT2D eigenvalue weighted by Gasteiger charge is 2.45. The van der Waals surface area contributed by atoms with Crippen molar-refractivity contribution in [3.05, 3.63) is 23.8 Å². The van der Waals surface area contributed by atoms with Gasteiger partial charge in [-0.05, 0) is 18.1 Å². The Hall–Kier alpha value is -1.75. The summed E-state index contributed by atoms with van der Waals surface area (Å²) in [5, 5.41) is 28.7. The number of nitrogens with zero attached hydrogens (tertiary/aromatic N) is 1. The third-order valence-corrected chi connectivity index (χ3v) is 3.44. The normalized spacial score (nSPS) is 17.7. The predicted molar refractivity (Wildman–Crippen MR) is 65.5 cm³/mol. The largest absolute Gasteiger partial charge is 0.508 e. The number of hydrogen-bond donors (Lipinski definition) is 3. The van der Waals surface area contributed by atoms with Gasteiger partial charge in [-0.1, -0.05) is 13.8 Å². The van der Waals surface area contributed by atoms with Crippen LogP contribution in [0.3, 0.4) is 0 Å². The molecule has 1 aliphatic rings. The van der Waals surface area contributed by atoms with Crippen molar-refractivity contribution in [2.45, 2.75) is 19.4 Å². The highest BCUT2D eigenvalue weighted by molar-refractivity contribution is 5.95. The second kappa shape index (κ2) is 4.17. The second-order valence-corrected chi connectivity index (χ2v) is 5.16. The first-order valence-corrected chi connectivity index (χ1v) is 5.86. The molecule has 5 nitrogen and oxygen atoms in total. The molecule has 1 aromatic rings. The van der Waals surface area contributed by atoms with Crippen LogP contribution < -0.4 is 0 Å². The fourth-order valence-electron chi connectivity index (χ4n) is 2.02. The Balaban J connectivity index is 2.10. The summed E-state index contributed by atoms with van der Waals surface area (Å²) in [5.74, 6) is -0.526. The SMILES string of the molecule is CC(C)C1(O)CN(C(=O)c2cc(O)cc(O)c2)C1. The predicted octanol–water partition coefficient (Wildman–Crippen LogP) is 0.941. The Labute approximate surface area is 105 Å². The van der Waals surface area contributed by atoms with E-state index in [1.54, 1.807) is 0 Å². The van der Waals surface area contributed by atoms with Gasteiger partial charge in [0.2, 0.25) is 0 Å². The number of hydrogen-bond acceptors (Lipinski definition) is 4. The maximum absolute atomic E-state index is 12.0. The van der Waals surface area contributed by atoms with Crippen molar-refractivity contribution in [3.8, 4) is 11.5 Å². The molecule has 98 valence electrons. The summed E-state index contributed by atoms with van der Waals surface area (Å²) in [6.45, 7) is 4.36. The Morgan fingerprint density at radius 2 is 1.72 bits per heavy atom. The third kappa shape index (κ3) is 2.13. The molecular formula is C13H17NO4. The maximum Gasteiger partial charge on any atom is 0.254 e. The molecule has 0 radical (unpaired) electrons. The molecule has 1 amide bonds. The fourth-order valence-corrected chi connectivity index (χ4v) is 2.02. The fraction of sp³-hybridized carbons (Fsp3) is 0.462. The molecule has 0 saturated carbocycles. The van der Waals surface area contributed by atoms with Gasteiger partial charge in [-0.15, -0.1) is 0 Å². The number of rotatable bonds is 2. The van der Waals surface area contributed by atoms with E-state index in [1.165, 1.54) is 17.0 Å². The molecule has 0 atom stereocenters. The van der Waals surface area contributed by atoms with Crippen LogP contribution in [0.25, 0.3) is 0 Å². The Kier molecular flexibility index (Phi) is 2.94. The Morgan fingerprint density at radius 1 is 1.22 bits per heavy atom. The lowest BCUT2D eigenvalue weighted by atomic mass is 9.82. The maximum atomic E-state index is 12.0.